The van der Waals surface area contributed by atoms with Crippen molar-refractivity contribution < 1.29 is 19.1 Å². The Balaban J connectivity index is 1.13. The molecule has 1 aliphatic carbocycles. The van der Waals surface area contributed by atoms with E-state index in [0.717, 1.165) is 49.2 Å². The topological polar surface area (TPSA) is 87.1 Å². The van der Waals surface area contributed by atoms with Crippen molar-refractivity contribution >= 4 is 57.5 Å². The van der Waals surface area contributed by atoms with E-state index in [1.54, 1.807) is 18.3 Å². The SMILES string of the molecule is Cn1cc(C(=O)Nc2cc(Cl)c(CC(=O)N3C[C@@H](N4CCN(C(=O)C(C)(C)C)CC4)C[C@H]3CO[C@H]3CC[C@H](C)CC3)cc2Cl)c2ccccc21. The minimum atomic E-state index is -0.400. The van der Waals surface area contributed by atoms with Crippen molar-refractivity contribution in [3.8, 4) is 0 Å². The Morgan fingerprint density at radius 1 is 0.960 bits per heavy atom. The fourth-order valence-electron chi connectivity index (χ4n) is 7.82. The third-order valence-electron chi connectivity index (χ3n) is 10.8. The first-order valence-corrected chi connectivity index (χ1v) is 18.8. The average Bonchev–Trinajstić information content (AvgIpc) is 3.67. The molecule has 3 aliphatic rings. The minimum Gasteiger partial charge on any atom is -0.376 e. The van der Waals surface area contributed by atoms with E-state index in [-0.39, 0.29) is 42.3 Å². The van der Waals surface area contributed by atoms with E-state index in [2.05, 4.69) is 17.1 Å². The molecule has 0 unspecified atom stereocenters. The Labute approximate surface area is 306 Å². The second-order valence-electron chi connectivity index (χ2n) is 15.6. The Morgan fingerprint density at radius 3 is 2.36 bits per heavy atom. The molecule has 3 amide bonds. The highest BCUT2D eigenvalue weighted by atomic mass is 35.5. The first-order valence-electron chi connectivity index (χ1n) is 18.1. The molecule has 2 saturated heterocycles. The fraction of sp³-hybridized carbons (Fsp3) is 0.564. The molecule has 3 aromatic rings. The number of anilines is 1. The van der Waals surface area contributed by atoms with Crippen LogP contribution < -0.4 is 5.32 Å². The van der Waals surface area contributed by atoms with Gasteiger partial charge in [-0.2, -0.15) is 0 Å². The number of benzene rings is 2. The zero-order valence-electron chi connectivity index (χ0n) is 30.0. The third kappa shape index (κ3) is 8.17. The van der Waals surface area contributed by atoms with Crippen LogP contribution in [-0.2, 0) is 27.8 Å². The van der Waals surface area contributed by atoms with Crippen molar-refractivity contribution in [2.45, 2.75) is 84.4 Å². The van der Waals surface area contributed by atoms with E-state index in [9.17, 15) is 14.4 Å². The fourth-order valence-corrected chi connectivity index (χ4v) is 8.29. The van der Waals surface area contributed by atoms with Gasteiger partial charge < -0.3 is 24.4 Å². The molecule has 0 spiro atoms. The van der Waals surface area contributed by atoms with Gasteiger partial charge in [0.2, 0.25) is 11.8 Å². The normalized spacial score (nSPS) is 23.4. The minimum absolute atomic E-state index is 0.0228. The molecule has 0 bridgehead atoms. The van der Waals surface area contributed by atoms with Crippen LogP contribution in [0.25, 0.3) is 10.9 Å². The maximum atomic E-state index is 14.1. The van der Waals surface area contributed by atoms with Crippen LogP contribution in [0.4, 0.5) is 5.69 Å². The number of fused-ring (bicyclic) bond motifs is 1. The standard InChI is InChI=1S/C39H51Cl2N5O4/c1-25-10-12-29(13-11-25)50-24-28-20-27(44-14-16-45(17-15-44)38(49)39(2,3)4)22-46(28)36(47)19-26-18-33(41)34(21-32(26)40)42-37(48)31-23-43(5)35-9-7-6-8-30(31)35/h6-9,18,21,23,25,27-29H,10-17,19-20,22,24H2,1-5H3,(H,42,48)/t25-,27-,28-,29-/m0/s1. The summed E-state index contributed by atoms with van der Waals surface area (Å²) in [5.41, 5.74) is 2.10. The van der Waals surface area contributed by atoms with Crippen LogP contribution in [0.5, 0.6) is 0 Å². The summed E-state index contributed by atoms with van der Waals surface area (Å²) in [6.07, 6.45) is 7.43. The lowest BCUT2D eigenvalue weighted by Crippen LogP contribution is -2.54. The van der Waals surface area contributed by atoms with Gasteiger partial charge >= 0.3 is 0 Å². The molecule has 1 saturated carbocycles. The number of hydrogen-bond acceptors (Lipinski definition) is 5. The second-order valence-corrected chi connectivity index (χ2v) is 16.4. The summed E-state index contributed by atoms with van der Waals surface area (Å²) in [6.45, 7) is 12.3. The number of carbonyl (C=O) groups excluding carboxylic acids is 3. The van der Waals surface area contributed by atoms with Gasteiger partial charge in [-0.25, -0.2) is 0 Å². The monoisotopic (exact) mass is 723 g/mol. The van der Waals surface area contributed by atoms with Crippen molar-refractivity contribution in [1.29, 1.82) is 0 Å². The van der Waals surface area contributed by atoms with Gasteiger partial charge in [0.05, 0.1) is 41.4 Å². The quantitative estimate of drug-likeness (QED) is 0.270. The van der Waals surface area contributed by atoms with Crippen LogP contribution in [0.15, 0.2) is 42.6 Å². The van der Waals surface area contributed by atoms with Gasteiger partial charge in [-0.1, -0.05) is 69.1 Å². The van der Waals surface area contributed by atoms with E-state index >= 15 is 0 Å². The summed E-state index contributed by atoms with van der Waals surface area (Å²) in [5.74, 6) is 0.612. The maximum absolute atomic E-state index is 14.1. The molecule has 3 fully saturated rings. The van der Waals surface area contributed by atoms with Gasteiger partial charge in [0.15, 0.2) is 0 Å². The molecule has 2 aliphatic heterocycles. The Hall–Kier alpha value is -3.11. The maximum Gasteiger partial charge on any atom is 0.257 e. The van der Waals surface area contributed by atoms with Crippen molar-refractivity contribution in [2.75, 3.05) is 44.6 Å². The summed E-state index contributed by atoms with van der Waals surface area (Å²) >= 11 is 13.5. The summed E-state index contributed by atoms with van der Waals surface area (Å²) in [5, 5.41) is 4.45. The van der Waals surface area contributed by atoms with E-state index in [1.165, 1.54) is 12.8 Å². The largest absolute Gasteiger partial charge is 0.376 e. The smallest absolute Gasteiger partial charge is 0.257 e. The Morgan fingerprint density at radius 2 is 1.66 bits per heavy atom. The Bertz CT molecular complexity index is 1720. The molecule has 1 N–H and O–H groups in total. The predicted molar refractivity (Wildman–Crippen MR) is 200 cm³/mol. The number of likely N-dealkylation sites (tertiary alicyclic amines) is 1. The molecule has 2 atom stereocenters. The van der Waals surface area contributed by atoms with Crippen LogP contribution in [0.3, 0.4) is 0 Å². The number of piperazine rings is 1. The van der Waals surface area contributed by atoms with Gasteiger partial charge in [0, 0.05) is 73.4 Å². The van der Waals surface area contributed by atoms with Crippen molar-refractivity contribution in [2.24, 2.45) is 18.4 Å². The number of rotatable bonds is 8. The molecule has 1 aromatic heterocycles. The van der Waals surface area contributed by atoms with E-state index in [4.69, 9.17) is 27.9 Å². The molecule has 11 heteroatoms. The number of para-hydroxylation sites is 1. The average molecular weight is 725 g/mol. The summed E-state index contributed by atoms with van der Waals surface area (Å²) < 4.78 is 8.39. The number of hydrogen-bond donors (Lipinski definition) is 1. The molecule has 3 heterocycles. The van der Waals surface area contributed by atoms with Crippen LogP contribution in [0.1, 0.15) is 75.7 Å². The number of nitrogens with one attached hydrogen (secondary N) is 1. The molecular formula is C39H51Cl2N5O4. The van der Waals surface area contributed by atoms with Gasteiger partial charge in [0.25, 0.3) is 5.91 Å². The number of aromatic nitrogens is 1. The highest BCUT2D eigenvalue weighted by molar-refractivity contribution is 6.36. The molecule has 270 valence electrons. The zero-order valence-corrected chi connectivity index (χ0v) is 31.5. The van der Waals surface area contributed by atoms with Crippen molar-refractivity contribution in [3.05, 3.63) is 63.8 Å². The lowest BCUT2D eigenvalue weighted by atomic mass is 9.89. The molecule has 6 rings (SSSR count). The number of carbonyl (C=O) groups is 3. The lowest BCUT2D eigenvalue weighted by molar-refractivity contribution is -0.141. The highest BCUT2D eigenvalue weighted by Gasteiger charge is 2.40. The Kier molecular flexibility index (Phi) is 11.2. The van der Waals surface area contributed by atoms with E-state index < -0.39 is 5.41 Å². The molecule has 50 heavy (non-hydrogen) atoms. The van der Waals surface area contributed by atoms with Crippen LogP contribution in [0.2, 0.25) is 10.0 Å². The zero-order chi connectivity index (χ0) is 35.7. The molecule has 0 radical (unpaired) electrons. The molecular weight excluding hydrogens is 673 g/mol. The van der Waals surface area contributed by atoms with E-state index in [1.807, 2.05) is 66.5 Å². The number of amides is 3. The number of halogens is 2. The van der Waals surface area contributed by atoms with Gasteiger partial charge in [-0.05, 0) is 61.8 Å². The second kappa shape index (κ2) is 15.2. The predicted octanol–water partition coefficient (Wildman–Crippen LogP) is 7.04. The number of aryl methyl sites for hydroxylation is 1. The first kappa shape index (κ1) is 36.7. The van der Waals surface area contributed by atoms with Gasteiger partial charge in [0.1, 0.15) is 0 Å². The number of nitrogens with zero attached hydrogens (tertiary/aromatic N) is 4. The summed E-state index contributed by atoms with van der Waals surface area (Å²) in [4.78, 5) is 46.7. The van der Waals surface area contributed by atoms with Crippen LogP contribution in [-0.4, -0.2) is 94.5 Å². The van der Waals surface area contributed by atoms with E-state index in [0.29, 0.717) is 53.1 Å². The third-order valence-corrected chi connectivity index (χ3v) is 11.5. The summed E-state index contributed by atoms with van der Waals surface area (Å²) in [7, 11) is 1.90. The van der Waals surface area contributed by atoms with Gasteiger partial charge in [-0.15, -0.1) is 0 Å². The first-order chi connectivity index (χ1) is 23.8. The van der Waals surface area contributed by atoms with Gasteiger partial charge in [-0.3, -0.25) is 19.3 Å². The molecule has 9 nitrogen and oxygen atoms in total. The lowest BCUT2D eigenvalue weighted by Gasteiger charge is -2.40. The van der Waals surface area contributed by atoms with Crippen molar-refractivity contribution in [3.63, 3.8) is 0 Å². The van der Waals surface area contributed by atoms with Crippen LogP contribution in [0, 0.1) is 11.3 Å². The van der Waals surface area contributed by atoms with Crippen LogP contribution >= 0.6 is 23.2 Å². The molecule has 2 aromatic carbocycles. The number of ether oxygens (including phenoxy) is 1. The summed E-state index contributed by atoms with van der Waals surface area (Å²) in [6, 6.07) is 11.2. The van der Waals surface area contributed by atoms with Crippen molar-refractivity contribution in [1.82, 2.24) is 19.3 Å². The highest BCUT2D eigenvalue weighted by Crippen LogP contribution is 2.33.